The van der Waals surface area contributed by atoms with E-state index in [1.165, 1.54) is 35.6 Å². The molecule has 0 spiro atoms. The zero-order chi connectivity index (χ0) is 24.3. The number of hydrogen-bond donors (Lipinski definition) is 3. The zero-order valence-corrected chi connectivity index (χ0v) is 20.2. The molecule has 0 unspecified atom stereocenters. The van der Waals surface area contributed by atoms with Crippen LogP contribution in [0.1, 0.15) is 16.8 Å². The molecule has 0 bridgehead atoms. The van der Waals surface area contributed by atoms with Crippen molar-refractivity contribution in [2.24, 2.45) is 0 Å². The molecule has 0 aliphatic heterocycles. The van der Waals surface area contributed by atoms with Gasteiger partial charge in [-0.05, 0) is 60.9 Å². The van der Waals surface area contributed by atoms with Gasteiger partial charge in [0.15, 0.2) is 5.13 Å². The summed E-state index contributed by atoms with van der Waals surface area (Å²) in [6, 6.07) is 20.4. The summed E-state index contributed by atoms with van der Waals surface area (Å²) in [7, 11) is -3.86. The lowest BCUT2D eigenvalue weighted by atomic mass is 10.1. The van der Waals surface area contributed by atoms with E-state index in [9.17, 15) is 18.3 Å². The number of thiazole rings is 1. The Morgan fingerprint density at radius 2 is 1.71 bits per heavy atom. The van der Waals surface area contributed by atoms with Crippen LogP contribution in [0.15, 0.2) is 77.7 Å². The monoisotopic (exact) mass is 493 g/mol. The molecule has 3 aromatic carbocycles. The zero-order valence-electron chi connectivity index (χ0n) is 18.6. The Labute approximate surface area is 202 Å². The summed E-state index contributed by atoms with van der Waals surface area (Å²) in [4.78, 5) is 17.8. The third-order valence-corrected chi connectivity index (χ3v) is 7.76. The smallest absolute Gasteiger partial charge is 0.262 e. The number of phenolic OH excluding ortho intramolecular Hbond substituents is 1. The van der Waals surface area contributed by atoms with Crippen LogP contribution in [-0.4, -0.2) is 24.4 Å². The Morgan fingerprint density at radius 3 is 2.41 bits per heavy atom. The summed E-state index contributed by atoms with van der Waals surface area (Å²) in [6.45, 7) is 3.55. The van der Waals surface area contributed by atoms with Gasteiger partial charge >= 0.3 is 0 Å². The number of hydrogen-bond acceptors (Lipinski definition) is 6. The molecule has 1 heterocycles. The van der Waals surface area contributed by atoms with Crippen molar-refractivity contribution < 1.29 is 18.3 Å². The number of carbonyl (C=O) groups excluding carboxylic acids is 1. The van der Waals surface area contributed by atoms with Crippen molar-refractivity contribution in [3.63, 3.8) is 0 Å². The molecule has 9 heteroatoms. The Kier molecular flexibility index (Phi) is 6.67. The summed E-state index contributed by atoms with van der Waals surface area (Å²) in [5.41, 5.74) is 3.23. The molecule has 0 saturated heterocycles. The number of aromatic nitrogens is 1. The molecule has 0 fully saturated rings. The van der Waals surface area contributed by atoms with E-state index < -0.39 is 10.0 Å². The second kappa shape index (κ2) is 9.66. The number of nitrogens with one attached hydrogen (secondary N) is 2. The molecule has 1 amide bonds. The van der Waals surface area contributed by atoms with Crippen LogP contribution in [0, 0.1) is 13.8 Å². The molecule has 0 aliphatic carbocycles. The number of rotatable bonds is 7. The second-order valence-electron chi connectivity index (χ2n) is 7.78. The normalized spacial score (nSPS) is 11.2. The van der Waals surface area contributed by atoms with E-state index in [1.807, 2.05) is 43.3 Å². The van der Waals surface area contributed by atoms with Gasteiger partial charge in [0.25, 0.3) is 10.0 Å². The average molecular weight is 494 g/mol. The van der Waals surface area contributed by atoms with E-state index in [1.54, 1.807) is 19.1 Å². The highest BCUT2D eigenvalue weighted by Gasteiger charge is 2.20. The number of phenols is 1. The first-order valence-electron chi connectivity index (χ1n) is 10.5. The topological polar surface area (TPSA) is 108 Å². The molecular weight excluding hydrogens is 470 g/mol. The molecule has 0 saturated carbocycles. The quantitative estimate of drug-likeness (QED) is 0.310. The number of nitrogens with zero attached hydrogens (tertiary/aromatic N) is 1. The van der Waals surface area contributed by atoms with Crippen LogP contribution in [-0.2, 0) is 21.2 Å². The maximum absolute atomic E-state index is 13.1. The van der Waals surface area contributed by atoms with Crippen LogP contribution in [0.3, 0.4) is 0 Å². The number of aryl methyl sites for hydroxylation is 2. The fourth-order valence-electron chi connectivity index (χ4n) is 3.43. The first-order chi connectivity index (χ1) is 16.2. The highest BCUT2D eigenvalue weighted by molar-refractivity contribution is 7.92. The lowest BCUT2D eigenvalue weighted by Crippen LogP contribution is -2.14. The molecule has 7 nitrogen and oxygen atoms in total. The van der Waals surface area contributed by atoms with Gasteiger partial charge < -0.3 is 10.4 Å². The minimum absolute atomic E-state index is 0.0495. The van der Waals surface area contributed by atoms with Crippen LogP contribution in [0.5, 0.6) is 5.75 Å². The Hall–Kier alpha value is -3.69. The van der Waals surface area contributed by atoms with Crippen LogP contribution in [0.2, 0.25) is 0 Å². The van der Waals surface area contributed by atoms with Crippen molar-refractivity contribution in [1.29, 1.82) is 0 Å². The molecule has 3 N–H and O–H groups in total. The van der Waals surface area contributed by atoms with E-state index >= 15 is 0 Å². The Balaban J connectivity index is 1.57. The van der Waals surface area contributed by atoms with Gasteiger partial charge in [-0.3, -0.25) is 9.52 Å². The van der Waals surface area contributed by atoms with E-state index in [2.05, 4.69) is 15.0 Å². The highest BCUT2D eigenvalue weighted by atomic mass is 32.2. The van der Waals surface area contributed by atoms with Crippen LogP contribution >= 0.6 is 11.3 Å². The predicted molar refractivity (Wildman–Crippen MR) is 135 cm³/mol. The maximum atomic E-state index is 13.1. The predicted octanol–water partition coefficient (Wildman–Crippen LogP) is 5.11. The molecular formula is C25H23N3O4S2. The molecule has 4 rings (SSSR count). The number of sulfonamides is 1. The summed E-state index contributed by atoms with van der Waals surface area (Å²) >= 11 is 1.30. The molecule has 0 aliphatic rings. The van der Waals surface area contributed by atoms with E-state index in [4.69, 9.17) is 0 Å². The molecule has 0 atom stereocenters. The first kappa shape index (κ1) is 23.5. The van der Waals surface area contributed by atoms with Gasteiger partial charge in [0, 0.05) is 5.69 Å². The minimum atomic E-state index is -3.86. The van der Waals surface area contributed by atoms with Crippen LogP contribution < -0.4 is 10.0 Å². The lowest BCUT2D eigenvalue weighted by molar-refractivity contribution is -0.115. The fraction of sp³-hybridized carbons (Fsp3) is 0.120. The van der Waals surface area contributed by atoms with Crippen molar-refractivity contribution in [1.82, 2.24) is 4.98 Å². The molecule has 34 heavy (non-hydrogen) atoms. The second-order valence-corrected chi connectivity index (χ2v) is 10.4. The van der Waals surface area contributed by atoms with Gasteiger partial charge in [-0.25, -0.2) is 13.4 Å². The maximum Gasteiger partial charge on any atom is 0.262 e. The average Bonchev–Trinajstić information content (AvgIpc) is 3.15. The number of amides is 1. The highest BCUT2D eigenvalue weighted by Crippen LogP contribution is 2.35. The van der Waals surface area contributed by atoms with E-state index in [0.717, 1.165) is 10.4 Å². The molecule has 174 valence electrons. The van der Waals surface area contributed by atoms with Crippen molar-refractivity contribution in [2.45, 2.75) is 25.2 Å². The van der Waals surface area contributed by atoms with Gasteiger partial charge in [0.1, 0.15) is 5.75 Å². The SMILES string of the molecule is Cc1ccc(-c2sc(NC(=O)Cc3ccccc3)nc2C)cc1S(=O)(=O)Nc1ccc(O)cc1. The number of carbonyl (C=O) groups is 1. The third-order valence-electron chi connectivity index (χ3n) is 5.11. The van der Waals surface area contributed by atoms with Crippen molar-refractivity contribution in [3.8, 4) is 16.2 Å². The molecule has 1 aromatic heterocycles. The standard InChI is InChI=1S/C25H23N3O4S2/c1-16-8-9-19(15-22(16)34(31,32)28-20-10-12-21(29)13-11-20)24-17(2)26-25(33-24)27-23(30)14-18-6-4-3-5-7-18/h3-13,15,28-29H,14H2,1-2H3,(H,26,27,30). The van der Waals surface area contributed by atoms with Gasteiger partial charge in [0.05, 0.1) is 21.9 Å². The number of anilines is 2. The summed E-state index contributed by atoms with van der Waals surface area (Å²) < 4.78 is 28.7. The van der Waals surface area contributed by atoms with Crippen molar-refractivity contribution in [3.05, 3.63) is 89.6 Å². The Morgan fingerprint density at radius 1 is 1.00 bits per heavy atom. The van der Waals surface area contributed by atoms with Crippen molar-refractivity contribution in [2.75, 3.05) is 10.0 Å². The third kappa shape index (κ3) is 5.44. The summed E-state index contributed by atoms with van der Waals surface area (Å²) in [5, 5.41) is 12.7. The van der Waals surface area contributed by atoms with Crippen LogP contribution in [0.25, 0.3) is 10.4 Å². The van der Waals surface area contributed by atoms with Crippen molar-refractivity contribution >= 4 is 38.1 Å². The first-order valence-corrected chi connectivity index (χ1v) is 12.8. The van der Waals surface area contributed by atoms with Gasteiger partial charge in [-0.15, -0.1) is 0 Å². The number of benzene rings is 3. The number of aromatic hydroxyl groups is 1. The molecule has 4 aromatic rings. The summed E-state index contributed by atoms with van der Waals surface area (Å²) in [5.74, 6) is -0.120. The summed E-state index contributed by atoms with van der Waals surface area (Å²) in [6.07, 6.45) is 0.241. The van der Waals surface area contributed by atoms with E-state index in [-0.39, 0.29) is 23.0 Å². The Bertz CT molecular complexity index is 1430. The lowest BCUT2D eigenvalue weighted by Gasteiger charge is -2.12. The van der Waals surface area contributed by atoms with Crippen LogP contribution in [0.4, 0.5) is 10.8 Å². The minimum Gasteiger partial charge on any atom is -0.508 e. The van der Waals surface area contributed by atoms with Gasteiger partial charge in [-0.2, -0.15) is 0 Å². The fourth-order valence-corrected chi connectivity index (χ4v) is 5.74. The van der Waals surface area contributed by atoms with Gasteiger partial charge in [-0.1, -0.05) is 53.8 Å². The van der Waals surface area contributed by atoms with E-state index in [0.29, 0.717) is 27.6 Å². The van der Waals surface area contributed by atoms with Gasteiger partial charge in [0.2, 0.25) is 5.91 Å². The molecule has 0 radical (unpaired) electrons. The largest absolute Gasteiger partial charge is 0.508 e.